The molecule has 140 valence electrons. The van der Waals surface area contributed by atoms with Gasteiger partial charge in [0.05, 0.1) is 24.1 Å². The summed E-state index contributed by atoms with van der Waals surface area (Å²) in [7, 11) is 0. The van der Waals surface area contributed by atoms with Crippen molar-refractivity contribution in [1.82, 2.24) is 4.98 Å². The SMILES string of the molecule is CCOC(=O)c1ccsc1NC(=O)CSc1ncc(-c2ccc(F)cc2)o1. The number of rotatable bonds is 7. The summed E-state index contributed by atoms with van der Waals surface area (Å²) in [5.41, 5.74) is 1.02. The molecule has 1 aromatic carbocycles. The molecule has 3 aromatic rings. The van der Waals surface area contributed by atoms with Gasteiger partial charge in [-0.2, -0.15) is 0 Å². The number of thioether (sulfide) groups is 1. The van der Waals surface area contributed by atoms with Gasteiger partial charge in [-0.25, -0.2) is 14.2 Å². The molecular weight excluding hydrogens is 391 g/mol. The van der Waals surface area contributed by atoms with E-state index < -0.39 is 5.97 Å². The van der Waals surface area contributed by atoms with Gasteiger partial charge in [-0.15, -0.1) is 11.3 Å². The van der Waals surface area contributed by atoms with Crippen LogP contribution in [0.4, 0.5) is 9.39 Å². The van der Waals surface area contributed by atoms with Crippen molar-refractivity contribution in [2.45, 2.75) is 12.1 Å². The lowest BCUT2D eigenvalue weighted by atomic mass is 10.2. The summed E-state index contributed by atoms with van der Waals surface area (Å²) in [5.74, 6) is -0.558. The van der Waals surface area contributed by atoms with Gasteiger partial charge in [-0.1, -0.05) is 11.8 Å². The van der Waals surface area contributed by atoms with E-state index in [1.807, 2.05) is 0 Å². The first kappa shape index (κ1) is 19.1. The van der Waals surface area contributed by atoms with Crippen molar-refractivity contribution < 1.29 is 23.1 Å². The molecule has 3 rings (SSSR count). The van der Waals surface area contributed by atoms with Crippen LogP contribution in [0.25, 0.3) is 11.3 Å². The van der Waals surface area contributed by atoms with Crippen molar-refractivity contribution in [3.63, 3.8) is 0 Å². The van der Waals surface area contributed by atoms with E-state index in [0.29, 0.717) is 27.1 Å². The summed E-state index contributed by atoms with van der Waals surface area (Å²) in [6.45, 7) is 1.98. The molecule has 1 amide bonds. The monoisotopic (exact) mass is 406 g/mol. The Balaban J connectivity index is 1.57. The molecule has 1 N–H and O–H groups in total. The van der Waals surface area contributed by atoms with Crippen molar-refractivity contribution in [2.24, 2.45) is 0 Å². The number of hydrogen-bond acceptors (Lipinski definition) is 7. The van der Waals surface area contributed by atoms with E-state index in [9.17, 15) is 14.0 Å². The molecule has 0 atom stereocenters. The van der Waals surface area contributed by atoms with Crippen LogP contribution in [0.5, 0.6) is 0 Å². The normalized spacial score (nSPS) is 10.6. The van der Waals surface area contributed by atoms with E-state index in [-0.39, 0.29) is 24.1 Å². The number of carbonyl (C=O) groups excluding carboxylic acids is 2. The number of nitrogens with zero attached hydrogens (tertiary/aromatic N) is 1. The molecule has 2 aromatic heterocycles. The first-order chi connectivity index (χ1) is 13.1. The summed E-state index contributed by atoms with van der Waals surface area (Å²) < 4.78 is 23.5. The number of hydrogen-bond donors (Lipinski definition) is 1. The fourth-order valence-corrected chi connectivity index (χ4v) is 3.53. The Kier molecular flexibility index (Phi) is 6.25. The highest BCUT2D eigenvalue weighted by Crippen LogP contribution is 2.27. The molecule has 0 aliphatic heterocycles. The van der Waals surface area contributed by atoms with Crippen molar-refractivity contribution >= 4 is 40.0 Å². The van der Waals surface area contributed by atoms with E-state index in [0.717, 1.165) is 11.8 Å². The van der Waals surface area contributed by atoms with Crippen LogP contribution < -0.4 is 5.32 Å². The Labute approximate surface area is 162 Å². The zero-order valence-corrected chi connectivity index (χ0v) is 15.9. The molecule has 27 heavy (non-hydrogen) atoms. The predicted octanol–water partition coefficient (Wildman–Crippen LogP) is 4.45. The highest BCUT2D eigenvalue weighted by Gasteiger charge is 2.17. The van der Waals surface area contributed by atoms with Crippen molar-refractivity contribution in [2.75, 3.05) is 17.7 Å². The standard InChI is InChI=1S/C18H15FN2O4S2/c1-2-24-17(23)13-7-8-26-16(13)21-15(22)10-27-18-20-9-14(25-18)11-3-5-12(19)6-4-11/h3-9H,2,10H2,1H3,(H,21,22). The molecular formula is C18H15FN2O4S2. The number of ether oxygens (including phenoxy) is 1. The Morgan fingerprint density at radius 2 is 2.07 bits per heavy atom. The minimum absolute atomic E-state index is 0.0591. The fraction of sp³-hybridized carbons (Fsp3) is 0.167. The zero-order chi connectivity index (χ0) is 19.2. The average Bonchev–Trinajstić information content (AvgIpc) is 3.30. The Morgan fingerprint density at radius 1 is 1.30 bits per heavy atom. The van der Waals surface area contributed by atoms with Crippen molar-refractivity contribution in [1.29, 1.82) is 0 Å². The quantitative estimate of drug-likeness (QED) is 0.461. The zero-order valence-electron chi connectivity index (χ0n) is 14.2. The largest absolute Gasteiger partial charge is 0.462 e. The van der Waals surface area contributed by atoms with E-state index >= 15 is 0 Å². The summed E-state index contributed by atoms with van der Waals surface area (Å²) in [4.78, 5) is 28.1. The minimum atomic E-state index is -0.474. The molecule has 6 nitrogen and oxygen atoms in total. The number of benzene rings is 1. The first-order valence-electron chi connectivity index (χ1n) is 7.96. The smallest absolute Gasteiger partial charge is 0.341 e. The second kappa shape index (κ2) is 8.83. The number of carbonyl (C=O) groups is 2. The highest BCUT2D eigenvalue weighted by atomic mass is 32.2. The third-order valence-electron chi connectivity index (χ3n) is 3.35. The predicted molar refractivity (Wildman–Crippen MR) is 102 cm³/mol. The van der Waals surface area contributed by atoms with Gasteiger partial charge >= 0.3 is 5.97 Å². The lowest BCUT2D eigenvalue weighted by molar-refractivity contribution is -0.113. The van der Waals surface area contributed by atoms with Gasteiger partial charge in [-0.05, 0) is 42.6 Å². The van der Waals surface area contributed by atoms with Gasteiger partial charge in [-0.3, -0.25) is 4.79 Å². The first-order valence-corrected chi connectivity index (χ1v) is 9.82. The molecule has 9 heteroatoms. The van der Waals surface area contributed by atoms with Crippen LogP contribution >= 0.6 is 23.1 Å². The van der Waals surface area contributed by atoms with Crippen LogP contribution in [0.15, 0.2) is 51.5 Å². The third kappa shape index (κ3) is 4.95. The van der Waals surface area contributed by atoms with Crippen LogP contribution in [0.2, 0.25) is 0 Å². The number of oxazole rings is 1. The lowest BCUT2D eigenvalue weighted by Gasteiger charge is -2.05. The number of amides is 1. The van der Waals surface area contributed by atoms with Crippen LogP contribution in [-0.2, 0) is 9.53 Å². The van der Waals surface area contributed by atoms with Gasteiger partial charge in [0.2, 0.25) is 5.91 Å². The molecule has 0 aliphatic rings. The van der Waals surface area contributed by atoms with E-state index in [1.165, 1.54) is 29.7 Å². The van der Waals surface area contributed by atoms with Gasteiger partial charge < -0.3 is 14.5 Å². The maximum Gasteiger partial charge on any atom is 0.341 e. The fourth-order valence-electron chi connectivity index (χ4n) is 2.14. The number of aromatic nitrogens is 1. The van der Waals surface area contributed by atoms with Gasteiger partial charge in [0.15, 0.2) is 5.76 Å². The van der Waals surface area contributed by atoms with E-state index in [2.05, 4.69) is 10.3 Å². The van der Waals surface area contributed by atoms with Crippen LogP contribution in [0.1, 0.15) is 17.3 Å². The molecule has 0 saturated heterocycles. The molecule has 0 aliphatic carbocycles. The molecule has 2 heterocycles. The second-order valence-electron chi connectivity index (χ2n) is 5.22. The van der Waals surface area contributed by atoms with Gasteiger partial charge in [0.1, 0.15) is 10.8 Å². The van der Waals surface area contributed by atoms with Crippen LogP contribution in [-0.4, -0.2) is 29.2 Å². The summed E-state index contributed by atoms with van der Waals surface area (Å²) in [6, 6.07) is 7.45. The maximum absolute atomic E-state index is 13.0. The van der Waals surface area contributed by atoms with Gasteiger partial charge in [0.25, 0.3) is 5.22 Å². The summed E-state index contributed by atoms with van der Waals surface area (Å²) in [5, 5.41) is 5.16. The Hall–Kier alpha value is -2.65. The Bertz CT molecular complexity index is 937. The molecule has 0 saturated carbocycles. The minimum Gasteiger partial charge on any atom is -0.462 e. The molecule has 0 radical (unpaired) electrons. The highest BCUT2D eigenvalue weighted by molar-refractivity contribution is 7.99. The third-order valence-corrected chi connectivity index (χ3v) is 5.03. The Morgan fingerprint density at radius 3 is 2.81 bits per heavy atom. The van der Waals surface area contributed by atoms with E-state index in [1.54, 1.807) is 30.5 Å². The second-order valence-corrected chi connectivity index (χ2v) is 7.06. The van der Waals surface area contributed by atoms with Gasteiger partial charge in [0, 0.05) is 5.56 Å². The summed E-state index contributed by atoms with van der Waals surface area (Å²) in [6.07, 6.45) is 1.52. The van der Waals surface area contributed by atoms with Crippen LogP contribution in [0, 0.1) is 5.82 Å². The van der Waals surface area contributed by atoms with Crippen LogP contribution in [0.3, 0.4) is 0 Å². The average molecular weight is 406 g/mol. The van der Waals surface area contributed by atoms with Crippen molar-refractivity contribution in [3.05, 3.63) is 53.3 Å². The number of thiophene rings is 1. The number of halogens is 1. The number of esters is 1. The van der Waals surface area contributed by atoms with E-state index in [4.69, 9.17) is 9.15 Å². The molecule has 0 unspecified atom stereocenters. The van der Waals surface area contributed by atoms with Crippen molar-refractivity contribution in [3.8, 4) is 11.3 Å². The molecule has 0 spiro atoms. The number of anilines is 1. The summed E-state index contributed by atoms with van der Waals surface area (Å²) >= 11 is 2.36. The lowest BCUT2D eigenvalue weighted by Crippen LogP contribution is -2.15. The molecule has 0 fully saturated rings. The number of nitrogens with one attached hydrogen (secondary N) is 1. The maximum atomic E-state index is 13.0. The molecule has 0 bridgehead atoms. The topological polar surface area (TPSA) is 81.4 Å².